The average Bonchev–Trinajstić information content (AvgIpc) is 2.44. The van der Waals surface area contributed by atoms with Crippen molar-refractivity contribution in [3.63, 3.8) is 0 Å². The molecule has 0 aliphatic heterocycles. The highest BCUT2D eigenvalue weighted by Gasteiger charge is 2.17. The van der Waals surface area contributed by atoms with E-state index < -0.39 is 23.9 Å². The Morgan fingerprint density at radius 3 is 2.43 bits per heavy atom. The molecule has 0 radical (unpaired) electrons. The molecule has 114 valence electrons. The molecule has 0 aliphatic carbocycles. The molecule has 6 heteroatoms. The van der Waals surface area contributed by atoms with Crippen molar-refractivity contribution in [1.29, 1.82) is 0 Å². The van der Waals surface area contributed by atoms with E-state index in [1.54, 1.807) is 19.1 Å². The predicted molar refractivity (Wildman–Crippen MR) is 75.2 cm³/mol. The Bertz CT molecular complexity index is 486. The number of rotatable bonds is 7. The van der Waals surface area contributed by atoms with Crippen molar-refractivity contribution >= 4 is 17.8 Å². The van der Waals surface area contributed by atoms with Crippen molar-refractivity contribution in [3.05, 3.63) is 35.9 Å². The first kappa shape index (κ1) is 16.7. The number of nitrogens with one attached hydrogen (secondary N) is 1. The molecule has 0 heterocycles. The van der Waals surface area contributed by atoms with Gasteiger partial charge in [0.2, 0.25) is 5.91 Å². The number of benzene rings is 1. The number of amides is 1. The molecule has 0 spiro atoms. The highest BCUT2D eigenvalue weighted by molar-refractivity contribution is 5.94. The van der Waals surface area contributed by atoms with Gasteiger partial charge in [-0.25, -0.2) is 0 Å². The largest absolute Gasteiger partial charge is 0.466 e. The minimum absolute atomic E-state index is 0.0990. The quantitative estimate of drug-likeness (QED) is 0.606. The van der Waals surface area contributed by atoms with Gasteiger partial charge in [0.05, 0.1) is 13.2 Å². The SMILES string of the molecule is CCOC(=O)CC(=O)NC[C@H](OC(C)=O)c1ccccc1. The maximum atomic E-state index is 11.6. The van der Waals surface area contributed by atoms with Crippen LogP contribution in [0.4, 0.5) is 0 Å². The van der Waals surface area contributed by atoms with E-state index in [-0.39, 0.29) is 19.6 Å². The van der Waals surface area contributed by atoms with Crippen LogP contribution in [0.1, 0.15) is 31.9 Å². The number of hydrogen-bond acceptors (Lipinski definition) is 5. The molecule has 0 fully saturated rings. The van der Waals surface area contributed by atoms with Gasteiger partial charge in [0.1, 0.15) is 12.5 Å². The van der Waals surface area contributed by atoms with Crippen molar-refractivity contribution in [2.45, 2.75) is 26.4 Å². The number of carbonyl (C=O) groups excluding carboxylic acids is 3. The van der Waals surface area contributed by atoms with E-state index >= 15 is 0 Å². The van der Waals surface area contributed by atoms with Gasteiger partial charge in [-0.3, -0.25) is 14.4 Å². The second-order valence-electron chi connectivity index (χ2n) is 4.29. The highest BCUT2D eigenvalue weighted by Crippen LogP contribution is 2.16. The molecular weight excluding hydrogens is 274 g/mol. The van der Waals surface area contributed by atoms with Gasteiger partial charge in [-0.2, -0.15) is 0 Å². The Balaban J connectivity index is 2.56. The molecule has 1 amide bonds. The van der Waals surface area contributed by atoms with Crippen LogP contribution in [0.3, 0.4) is 0 Å². The van der Waals surface area contributed by atoms with Gasteiger partial charge in [-0.1, -0.05) is 30.3 Å². The topological polar surface area (TPSA) is 81.7 Å². The van der Waals surface area contributed by atoms with E-state index in [9.17, 15) is 14.4 Å². The maximum absolute atomic E-state index is 11.6. The van der Waals surface area contributed by atoms with Gasteiger partial charge < -0.3 is 14.8 Å². The lowest BCUT2D eigenvalue weighted by molar-refractivity contribution is -0.149. The lowest BCUT2D eigenvalue weighted by atomic mass is 10.1. The Kier molecular flexibility index (Phi) is 6.94. The first-order valence-corrected chi connectivity index (χ1v) is 6.67. The van der Waals surface area contributed by atoms with Crippen molar-refractivity contribution in [2.24, 2.45) is 0 Å². The number of esters is 2. The summed E-state index contributed by atoms with van der Waals surface area (Å²) >= 11 is 0. The van der Waals surface area contributed by atoms with E-state index in [1.165, 1.54) is 6.92 Å². The van der Waals surface area contributed by atoms with Crippen molar-refractivity contribution in [2.75, 3.05) is 13.2 Å². The van der Waals surface area contributed by atoms with Crippen LogP contribution in [0.5, 0.6) is 0 Å². The number of carbonyl (C=O) groups is 3. The maximum Gasteiger partial charge on any atom is 0.315 e. The van der Waals surface area contributed by atoms with Gasteiger partial charge in [-0.15, -0.1) is 0 Å². The Morgan fingerprint density at radius 1 is 1.19 bits per heavy atom. The molecule has 21 heavy (non-hydrogen) atoms. The van der Waals surface area contributed by atoms with Crippen LogP contribution >= 0.6 is 0 Å². The summed E-state index contributed by atoms with van der Waals surface area (Å²) < 4.78 is 9.85. The highest BCUT2D eigenvalue weighted by atomic mass is 16.5. The molecule has 1 aromatic carbocycles. The summed E-state index contributed by atoms with van der Waals surface area (Å²) in [7, 11) is 0. The molecule has 0 saturated heterocycles. The predicted octanol–water partition coefficient (Wildman–Crippen LogP) is 1.36. The van der Waals surface area contributed by atoms with Gasteiger partial charge in [0.25, 0.3) is 0 Å². The van der Waals surface area contributed by atoms with E-state index in [0.717, 1.165) is 5.56 Å². The van der Waals surface area contributed by atoms with E-state index in [2.05, 4.69) is 10.1 Å². The number of hydrogen-bond donors (Lipinski definition) is 1. The third-order valence-electron chi connectivity index (χ3n) is 2.57. The average molecular weight is 293 g/mol. The molecule has 6 nitrogen and oxygen atoms in total. The molecule has 1 aromatic rings. The summed E-state index contributed by atoms with van der Waals surface area (Å²) in [6.45, 7) is 3.30. The molecule has 0 aromatic heterocycles. The van der Waals surface area contributed by atoms with Gasteiger partial charge >= 0.3 is 11.9 Å². The zero-order valence-corrected chi connectivity index (χ0v) is 12.1. The molecule has 0 saturated carbocycles. The summed E-state index contributed by atoms with van der Waals surface area (Å²) in [5.41, 5.74) is 0.768. The molecule has 1 N–H and O–H groups in total. The third kappa shape index (κ3) is 6.56. The zero-order chi connectivity index (χ0) is 15.7. The molecular formula is C15H19NO5. The lowest BCUT2D eigenvalue weighted by Crippen LogP contribution is -2.31. The normalized spacial score (nSPS) is 11.3. The summed E-state index contributed by atoms with van der Waals surface area (Å²) in [4.78, 5) is 33.9. The van der Waals surface area contributed by atoms with Crippen LogP contribution in [0, 0.1) is 0 Å². The van der Waals surface area contributed by atoms with Crippen LogP contribution in [0.25, 0.3) is 0 Å². The summed E-state index contributed by atoms with van der Waals surface area (Å²) in [5.74, 6) is -1.50. The molecule has 0 unspecified atom stereocenters. The summed E-state index contributed by atoms with van der Waals surface area (Å²) in [5, 5.41) is 2.56. The van der Waals surface area contributed by atoms with Crippen molar-refractivity contribution in [3.8, 4) is 0 Å². The van der Waals surface area contributed by atoms with Crippen LogP contribution < -0.4 is 5.32 Å². The molecule has 0 aliphatic rings. The smallest absolute Gasteiger partial charge is 0.315 e. The van der Waals surface area contributed by atoms with Crippen LogP contribution in [0.2, 0.25) is 0 Å². The fraction of sp³-hybridized carbons (Fsp3) is 0.400. The van der Waals surface area contributed by atoms with Crippen molar-refractivity contribution in [1.82, 2.24) is 5.32 Å². The van der Waals surface area contributed by atoms with Crippen LogP contribution in [-0.2, 0) is 23.9 Å². The minimum atomic E-state index is -0.588. The standard InChI is InChI=1S/C15H19NO5/c1-3-20-15(19)9-14(18)16-10-13(21-11(2)17)12-7-5-4-6-8-12/h4-8,13H,3,9-10H2,1-2H3,(H,16,18)/t13-/m0/s1. The third-order valence-corrected chi connectivity index (χ3v) is 2.57. The van der Waals surface area contributed by atoms with E-state index in [4.69, 9.17) is 4.74 Å². The monoisotopic (exact) mass is 293 g/mol. The zero-order valence-electron chi connectivity index (χ0n) is 12.1. The number of ether oxygens (including phenoxy) is 2. The molecule has 1 rings (SSSR count). The Hall–Kier alpha value is -2.37. The first-order chi connectivity index (χ1) is 10.0. The van der Waals surface area contributed by atoms with Crippen molar-refractivity contribution < 1.29 is 23.9 Å². The van der Waals surface area contributed by atoms with Crippen LogP contribution in [-0.4, -0.2) is 31.0 Å². The summed E-state index contributed by atoms with van der Waals surface area (Å²) in [6, 6.07) is 9.06. The molecule has 0 bridgehead atoms. The van der Waals surface area contributed by atoms with E-state index in [0.29, 0.717) is 0 Å². The van der Waals surface area contributed by atoms with E-state index in [1.807, 2.05) is 18.2 Å². The second-order valence-corrected chi connectivity index (χ2v) is 4.29. The van der Waals surface area contributed by atoms with Gasteiger partial charge in [0.15, 0.2) is 0 Å². The summed E-state index contributed by atoms with van der Waals surface area (Å²) in [6.07, 6.45) is -0.940. The minimum Gasteiger partial charge on any atom is -0.466 e. The Morgan fingerprint density at radius 2 is 1.86 bits per heavy atom. The van der Waals surface area contributed by atoms with Gasteiger partial charge in [-0.05, 0) is 12.5 Å². The molecule has 1 atom stereocenters. The second kappa shape index (κ2) is 8.73. The van der Waals surface area contributed by atoms with Gasteiger partial charge in [0, 0.05) is 6.92 Å². The van der Waals surface area contributed by atoms with Crippen LogP contribution in [0.15, 0.2) is 30.3 Å². The fourth-order valence-corrected chi connectivity index (χ4v) is 1.71. The fourth-order valence-electron chi connectivity index (χ4n) is 1.71. The lowest BCUT2D eigenvalue weighted by Gasteiger charge is -2.18. The Labute approximate surface area is 123 Å². The first-order valence-electron chi connectivity index (χ1n) is 6.67.